The minimum absolute atomic E-state index is 0. The number of hydrogen-bond donors (Lipinski definition) is 0. The molecule has 0 atom stereocenters. The first-order valence-electron chi connectivity index (χ1n) is 18.7. The number of halogens is 4. The van der Waals surface area contributed by atoms with E-state index in [1.807, 2.05) is 24.3 Å². The molecule has 0 amide bonds. The summed E-state index contributed by atoms with van der Waals surface area (Å²) in [5.74, 6) is 0. The van der Waals surface area contributed by atoms with Gasteiger partial charge in [-0.25, -0.2) is 11.6 Å². The Morgan fingerprint density at radius 1 is 0.673 bits per heavy atom. The maximum atomic E-state index is 5.84. The molecule has 0 radical (unpaired) electrons. The molecule has 288 valence electrons. The van der Waals surface area contributed by atoms with E-state index in [1.54, 1.807) is 0 Å². The number of benzene rings is 4. The summed E-state index contributed by atoms with van der Waals surface area (Å²) >= 11 is 11.0. The first kappa shape index (κ1) is 45.2. The fourth-order valence-corrected chi connectivity index (χ4v) is 10.6. The van der Waals surface area contributed by atoms with Crippen LogP contribution < -0.4 is 0 Å². The van der Waals surface area contributed by atoms with Crippen LogP contribution >= 0.6 is 48.0 Å². The van der Waals surface area contributed by atoms with Crippen LogP contribution in [0, 0.1) is 19.9 Å². The molecule has 0 bridgehead atoms. The Balaban J connectivity index is 0.000000196. The van der Waals surface area contributed by atoms with Gasteiger partial charge in [0, 0.05) is 5.41 Å². The van der Waals surface area contributed by atoms with E-state index in [0.717, 1.165) is 16.5 Å². The van der Waals surface area contributed by atoms with Gasteiger partial charge in [-0.3, -0.25) is 6.08 Å². The third-order valence-electron chi connectivity index (χ3n) is 10.7. The van der Waals surface area contributed by atoms with Crippen LogP contribution in [0.4, 0.5) is 0 Å². The van der Waals surface area contributed by atoms with Crippen LogP contribution in [-0.2, 0) is 44.9 Å². The van der Waals surface area contributed by atoms with Gasteiger partial charge in [-0.05, 0) is 58.4 Å². The standard InChI is InChI=1S/C25H25.C11H17.2C7H5Cl.2ClH.Zr/c1-14-12-24(3,4)22-8-16-7-17-9-23-19(15(2)13-25(23,5)6)11-21(17)20(16)10-18(14)22;1-8-6-9(2)10(7-8)11(3,4)5;2*1-6-2-4-7(8)5-3-6;;;/h8-12H,7H2,1-6H3;6-7H,1-5H3;2*1-5H;2*1H;/q2*-1;;;;;. The van der Waals surface area contributed by atoms with E-state index in [4.69, 9.17) is 23.2 Å². The second-order valence-electron chi connectivity index (χ2n) is 17.1. The van der Waals surface area contributed by atoms with Crippen LogP contribution in [-0.4, -0.2) is 7.42 Å². The zero-order valence-corrected chi connectivity index (χ0v) is 39.7. The van der Waals surface area contributed by atoms with Crippen molar-refractivity contribution in [3.05, 3.63) is 168 Å². The third kappa shape index (κ3) is 10.1. The molecule has 8 rings (SSSR count). The number of hydrogen-bond acceptors (Lipinski definition) is 0. The average molecular weight is 888 g/mol. The Kier molecular flexibility index (Phi) is 14.4. The summed E-state index contributed by atoms with van der Waals surface area (Å²) in [6.45, 7) is 24.8. The summed E-state index contributed by atoms with van der Waals surface area (Å²) in [6.07, 6.45) is 7.13. The van der Waals surface area contributed by atoms with E-state index in [-0.39, 0.29) is 35.6 Å². The van der Waals surface area contributed by atoms with Crippen molar-refractivity contribution in [1.29, 1.82) is 0 Å². The van der Waals surface area contributed by atoms with E-state index in [2.05, 4.69) is 156 Å². The van der Waals surface area contributed by atoms with Crippen LogP contribution in [0.15, 0.2) is 91.0 Å². The van der Waals surface area contributed by atoms with Crippen molar-refractivity contribution in [3.8, 4) is 11.1 Å². The number of rotatable bonds is 2. The van der Waals surface area contributed by atoms with Gasteiger partial charge in [-0.2, -0.15) is 28.3 Å². The van der Waals surface area contributed by atoms with Crippen molar-refractivity contribution in [1.82, 2.24) is 0 Å². The molecule has 0 N–H and O–H groups in total. The maximum absolute atomic E-state index is 5.84. The number of fused-ring (bicyclic) bond motifs is 5. The first-order chi connectivity index (χ1) is 24.8. The van der Waals surface area contributed by atoms with Gasteiger partial charge < -0.3 is 0 Å². The van der Waals surface area contributed by atoms with Crippen LogP contribution in [0.1, 0.15) is 124 Å². The monoisotopic (exact) mass is 884 g/mol. The van der Waals surface area contributed by atoms with Gasteiger partial charge in [0.15, 0.2) is 0 Å². The van der Waals surface area contributed by atoms with Gasteiger partial charge in [0.2, 0.25) is 0 Å². The zero-order valence-electron chi connectivity index (χ0n) is 34.1. The first-order valence-corrected chi connectivity index (χ1v) is 22.3. The Labute approximate surface area is 364 Å². The fraction of sp³-hybridized carbons (Fsp3) is 0.300. The SMILES string of the molecule is CC1=[C-]C(C)(C)c2cc3c(cc21)-c1cc2c(cc1C3)C(C)(C)C=C2C.Cc1cc(C(C)(C)C)c(C)[cH-]1.Cl.Cl.Clc1ccc([CH]=[Zr]=[CH]c2ccc(Cl)cc2)cc1. The molecule has 5 heteroatoms. The molecule has 0 saturated heterocycles. The van der Waals surface area contributed by atoms with Gasteiger partial charge in [0.05, 0.1) is 0 Å². The zero-order chi connectivity index (χ0) is 38.5. The molecule has 0 aromatic heterocycles. The second-order valence-corrected chi connectivity index (χ2v) is 20.3. The predicted octanol–water partition coefficient (Wildman–Crippen LogP) is 14.7. The van der Waals surface area contributed by atoms with E-state index in [0.29, 0.717) is 5.41 Å². The van der Waals surface area contributed by atoms with Crippen LogP contribution in [0.2, 0.25) is 10.0 Å². The quantitative estimate of drug-likeness (QED) is 0.152. The minimum atomic E-state index is -0.623. The van der Waals surface area contributed by atoms with Crippen LogP contribution in [0.5, 0.6) is 0 Å². The molecule has 0 nitrogen and oxygen atoms in total. The van der Waals surface area contributed by atoms with Gasteiger partial charge in [0.1, 0.15) is 0 Å². The summed E-state index contributed by atoms with van der Waals surface area (Å²) < 4.78 is 4.66. The van der Waals surface area contributed by atoms with Gasteiger partial charge >= 0.3 is 123 Å². The predicted molar refractivity (Wildman–Crippen MR) is 245 cm³/mol. The molecule has 55 heavy (non-hydrogen) atoms. The molecule has 0 unspecified atom stereocenters. The summed E-state index contributed by atoms with van der Waals surface area (Å²) in [5, 5.41) is 1.57. The molecule has 0 spiro atoms. The van der Waals surface area contributed by atoms with E-state index < -0.39 is 22.3 Å². The molecule has 0 aliphatic heterocycles. The Morgan fingerprint density at radius 2 is 1.16 bits per heavy atom. The van der Waals surface area contributed by atoms with Crippen molar-refractivity contribution < 1.29 is 22.3 Å². The third-order valence-corrected chi connectivity index (χ3v) is 13.7. The molecule has 3 aliphatic rings. The summed E-state index contributed by atoms with van der Waals surface area (Å²) in [5.41, 5.74) is 21.7. The van der Waals surface area contributed by atoms with Crippen molar-refractivity contribution in [2.24, 2.45) is 0 Å². The van der Waals surface area contributed by atoms with Gasteiger partial charge in [-0.1, -0.05) is 98.3 Å². The molecule has 0 saturated carbocycles. The second kappa shape index (κ2) is 17.5. The molecule has 5 aromatic rings. The van der Waals surface area contributed by atoms with E-state index in [1.165, 1.54) is 83.5 Å². The van der Waals surface area contributed by atoms with Crippen molar-refractivity contribution in [2.75, 3.05) is 0 Å². The Hall–Kier alpha value is -2.51. The normalized spacial score (nSPS) is 14.7. The summed E-state index contributed by atoms with van der Waals surface area (Å²) in [7, 11) is 0. The van der Waals surface area contributed by atoms with Crippen LogP contribution in [0.3, 0.4) is 0 Å². The van der Waals surface area contributed by atoms with E-state index in [9.17, 15) is 0 Å². The number of allylic oxidation sites excluding steroid dienone is 4. The van der Waals surface area contributed by atoms with Crippen molar-refractivity contribution in [3.63, 3.8) is 0 Å². The van der Waals surface area contributed by atoms with Crippen LogP contribution in [0.25, 0.3) is 22.3 Å². The molecular weight excluding hydrogens is 834 g/mol. The van der Waals surface area contributed by atoms with Crippen molar-refractivity contribution in [2.45, 2.75) is 98.8 Å². The van der Waals surface area contributed by atoms with E-state index >= 15 is 0 Å². The Morgan fingerprint density at radius 3 is 1.62 bits per heavy atom. The molecule has 0 heterocycles. The topological polar surface area (TPSA) is 0 Å². The van der Waals surface area contributed by atoms with Gasteiger partial charge in [-0.15, -0.1) is 36.4 Å². The Bertz CT molecular complexity index is 2180. The van der Waals surface area contributed by atoms with Crippen molar-refractivity contribution >= 4 is 66.6 Å². The molecular formula is C50H54Cl4Zr-2. The fourth-order valence-electron chi connectivity index (χ4n) is 8.24. The summed E-state index contributed by atoms with van der Waals surface area (Å²) in [4.78, 5) is 0. The molecule has 5 aromatic carbocycles. The molecule has 0 fully saturated rings. The van der Waals surface area contributed by atoms with Gasteiger partial charge in [0.25, 0.3) is 0 Å². The average Bonchev–Trinajstić information content (AvgIpc) is 3.75. The number of aryl methyl sites for hydroxylation is 2. The summed E-state index contributed by atoms with van der Waals surface area (Å²) in [6, 6.07) is 30.3. The molecule has 3 aliphatic carbocycles.